The summed E-state index contributed by atoms with van der Waals surface area (Å²) in [6.45, 7) is 5.50. The van der Waals surface area contributed by atoms with Gasteiger partial charge in [0.15, 0.2) is 0 Å². The zero-order valence-corrected chi connectivity index (χ0v) is 20.3. The van der Waals surface area contributed by atoms with E-state index in [0.29, 0.717) is 18.0 Å². The van der Waals surface area contributed by atoms with Gasteiger partial charge in [-0.3, -0.25) is 19.3 Å². The molecule has 0 aromatic heterocycles. The molecule has 0 spiro atoms. The highest BCUT2D eigenvalue weighted by Crippen LogP contribution is 2.32. The first kappa shape index (κ1) is 23.4. The lowest BCUT2D eigenvalue weighted by Crippen LogP contribution is -2.51. The summed E-state index contributed by atoms with van der Waals surface area (Å²) in [7, 11) is 0. The van der Waals surface area contributed by atoms with E-state index in [4.69, 9.17) is 4.74 Å². The van der Waals surface area contributed by atoms with Crippen LogP contribution in [-0.2, 0) is 14.3 Å². The number of hydrogen-bond acceptors (Lipinski definition) is 7. The number of anilines is 2. The molecule has 9 heteroatoms. The van der Waals surface area contributed by atoms with Crippen molar-refractivity contribution in [2.24, 2.45) is 0 Å². The molecular weight excluding hydrogens is 464 g/mol. The monoisotopic (exact) mass is 492 g/mol. The second-order valence-electron chi connectivity index (χ2n) is 8.66. The Labute approximate surface area is 209 Å². The maximum absolute atomic E-state index is 12.9. The number of carbonyl (C=O) groups is 3. The molecule has 2 aromatic carbocycles. The zero-order valence-electron chi connectivity index (χ0n) is 19.5. The average Bonchev–Trinajstić information content (AvgIpc) is 3.17. The fraction of sp³-hybridized carbons (Fsp3) is 0.346. The van der Waals surface area contributed by atoms with Gasteiger partial charge in [-0.05, 0) is 47.7 Å². The fourth-order valence-corrected chi connectivity index (χ4v) is 5.32. The van der Waals surface area contributed by atoms with Gasteiger partial charge in [-0.25, -0.2) is 0 Å². The van der Waals surface area contributed by atoms with E-state index >= 15 is 0 Å². The molecule has 3 amide bonds. The highest BCUT2D eigenvalue weighted by molar-refractivity contribution is 8.18. The van der Waals surface area contributed by atoms with E-state index in [1.807, 2.05) is 42.5 Å². The molecule has 3 aliphatic heterocycles. The van der Waals surface area contributed by atoms with Crippen LogP contribution in [0.2, 0.25) is 0 Å². The van der Waals surface area contributed by atoms with Crippen molar-refractivity contribution in [1.29, 1.82) is 0 Å². The number of amides is 3. The van der Waals surface area contributed by atoms with Crippen molar-refractivity contribution in [3.63, 3.8) is 0 Å². The summed E-state index contributed by atoms with van der Waals surface area (Å²) in [5.74, 6) is -0.607. The first-order chi connectivity index (χ1) is 17.1. The predicted molar refractivity (Wildman–Crippen MR) is 137 cm³/mol. The molecular formula is C26H28N4O4S. The molecule has 0 atom stereocenters. The number of morpholine rings is 1. The van der Waals surface area contributed by atoms with E-state index in [1.54, 1.807) is 11.0 Å². The number of ether oxygens (including phenoxy) is 1. The van der Waals surface area contributed by atoms with Gasteiger partial charge in [-0.15, -0.1) is 0 Å². The Balaban J connectivity index is 1.17. The number of para-hydroxylation sites is 1. The van der Waals surface area contributed by atoms with Gasteiger partial charge in [0.2, 0.25) is 5.91 Å². The molecule has 0 radical (unpaired) electrons. The van der Waals surface area contributed by atoms with E-state index in [0.717, 1.165) is 73.0 Å². The van der Waals surface area contributed by atoms with Crippen LogP contribution in [0.25, 0.3) is 6.08 Å². The lowest BCUT2D eigenvalue weighted by Gasteiger charge is -2.36. The van der Waals surface area contributed by atoms with Crippen molar-refractivity contribution < 1.29 is 19.1 Å². The van der Waals surface area contributed by atoms with Gasteiger partial charge >= 0.3 is 0 Å². The van der Waals surface area contributed by atoms with E-state index in [1.165, 1.54) is 0 Å². The molecule has 35 heavy (non-hydrogen) atoms. The van der Waals surface area contributed by atoms with Crippen LogP contribution in [-0.4, -0.2) is 85.9 Å². The Bertz CT molecular complexity index is 1110. The molecule has 0 bridgehead atoms. The van der Waals surface area contributed by atoms with Crippen LogP contribution < -0.4 is 9.80 Å². The lowest BCUT2D eigenvalue weighted by molar-refractivity contribution is -0.136. The van der Waals surface area contributed by atoms with Crippen molar-refractivity contribution >= 4 is 46.3 Å². The quantitative estimate of drug-likeness (QED) is 0.595. The molecule has 0 unspecified atom stereocenters. The normalized spacial score (nSPS) is 20.2. The number of imide groups is 1. The molecule has 2 aromatic rings. The van der Waals surface area contributed by atoms with Gasteiger partial charge in [0.1, 0.15) is 6.54 Å². The highest BCUT2D eigenvalue weighted by atomic mass is 32.2. The summed E-state index contributed by atoms with van der Waals surface area (Å²) in [5, 5.41) is -0.401. The molecule has 3 fully saturated rings. The Morgan fingerprint density at radius 3 is 2.14 bits per heavy atom. The molecule has 0 N–H and O–H groups in total. The van der Waals surface area contributed by atoms with Gasteiger partial charge in [-0.2, -0.15) is 0 Å². The van der Waals surface area contributed by atoms with Gasteiger partial charge in [0, 0.05) is 50.6 Å². The van der Waals surface area contributed by atoms with Crippen molar-refractivity contribution in [3.05, 3.63) is 65.1 Å². The molecule has 3 aliphatic rings. The minimum absolute atomic E-state index is 0.198. The van der Waals surface area contributed by atoms with Gasteiger partial charge in [0.25, 0.3) is 11.1 Å². The second kappa shape index (κ2) is 10.5. The Hall–Kier alpha value is -3.30. The Kier molecular flexibility index (Phi) is 7.06. The zero-order chi connectivity index (χ0) is 24.2. The minimum atomic E-state index is -0.409. The van der Waals surface area contributed by atoms with Crippen LogP contribution in [0.5, 0.6) is 0 Å². The number of carbonyl (C=O) groups excluding carboxylic acids is 3. The lowest BCUT2D eigenvalue weighted by atomic mass is 10.1. The maximum Gasteiger partial charge on any atom is 0.294 e. The Morgan fingerprint density at radius 1 is 0.829 bits per heavy atom. The smallest absolute Gasteiger partial charge is 0.294 e. The number of thioether (sulfide) groups is 1. The van der Waals surface area contributed by atoms with Crippen LogP contribution in [0, 0.1) is 0 Å². The number of benzene rings is 2. The number of hydrogen-bond donors (Lipinski definition) is 0. The average molecular weight is 493 g/mol. The SMILES string of the molecule is O=C(CN1C(=O)SC(=Cc2ccc(N3CCOCC3)cc2)C1=O)N1CCN(c2ccccc2)CC1. The third-order valence-electron chi connectivity index (χ3n) is 6.49. The summed E-state index contributed by atoms with van der Waals surface area (Å²) in [6.07, 6.45) is 1.72. The summed E-state index contributed by atoms with van der Waals surface area (Å²) in [5.41, 5.74) is 3.08. The van der Waals surface area contributed by atoms with Crippen molar-refractivity contribution in [1.82, 2.24) is 9.80 Å². The van der Waals surface area contributed by atoms with Crippen LogP contribution in [0.15, 0.2) is 59.5 Å². The van der Waals surface area contributed by atoms with E-state index < -0.39 is 11.1 Å². The first-order valence-corrected chi connectivity index (χ1v) is 12.7. The molecule has 0 aliphatic carbocycles. The fourth-order valence-electron chi connectivity index (χ4n) is 4.48. The van der Waals surface area contributed by atoms with Gasteiger partial charge in [-0.1, -0.05) is 30.3 Å². The second-order valence-corrected chi connectivity index (χ2v) is 9.66. The van der Waals surface area contributed by atoms with E-state index in [-0.39, 0.29) is 12.5 Å². The van der Waals surface area contributed by atoms with E-state index in [2.05, 4.69) is 21.9 Å². The van der Waals surface area contributed by atoms with Crippen molar-refractivity contribution in [3.8, 4) is 0 Å². The summed E-state index contributed by atoms with van der Waals surface area (Å²) in [4.78, 5) is 45.9. The van der Waals surface area contributed by atoms with Crippen molar-refractivity contribution in [2.45, 2.75) is 0 Å². The first-order valence-electron chi connectivity index (χ1n) is 11.8. The van der Waals surface area contributed by atoms with Crippen LogP contribution in [0.4, 0.5) is 16.2 Å². The van der Waals surface area contributed by atoms with Gasteiger partial charge in [0.05, 0.1) is 18.1 Å². The van der Waals surface area contributed by atoms with Crippen LogP contribution >= 0.6 is 11.8 Å². The summed E-state index contributed by atoms with van der Waals surface area (Å²) >= 11 is 0.888. The number of rotatable bonds is 5. The molecule has 5 rings (SSSR count). The minimum Gasteiger partial charge on any atom is -0.378 e. The summed E-state index contributed by atoms with van der Waals surface area (Å²) < 4.78 is 5.40. The van der Waals surface area contributed by atoms with Gasteiger partial charge < -0.3 is 19.4 Å². The predicted octanol–water partition coefficient (Wildman–Crippen LogP) is 2.91. The maximum atomic E-state index is 12.9. The highest BCUT2D eigenvalue weighted by Gasteiger charge is 2.37. The van der Waals surface area contributed by atoms with Crippen LogP contribution in [0.1, 0.15) is 5.56 Å². The molecule has 182 valence electrons. The third kappa shape index (κ3) is 5.36. The molecule has 0 saturated carbocycles. The molecule has 3 heterocycles. The number of nitrogens with zero attached hydrogens (tertiary/aromatic N) is 4. The molecule has 3 saturated heterocycles. The third-order valence-corrected chi connectivity index (χ3v) is 7.40. The van der Waals surface area contributed by atoms with E-state index in [9.17, 15) is 14.4 Å². The topological polar surface area (TPSA) is 73.4 Å². The van der Waals surface area contributed by atoms with Crippen LogP contribution in [0.3, 0.4) is 0 Å². The molecule has 8 nitrogen and oxygen atoms in total. The number of piperazine rings is 1. The van der Waals surface area contributed by atoms with Crippen molar-refractivity contribution in [2.75, 3.05) is 68.8 Å². The summed E-state index contributed by atoms with van der Waals surface area (Å²) in [6, 6.07) is 18.0. The standard InChI is InChI=1S/C26H28N4O4S/c31-24(29-12-10-27(11-13-29)21-4-2-1-3-5-21)19-30-25(32)23(35-26(30)33)18-20-6-8-22(9-7-20)28-14-16-34-17-15-28/h1-9,18H,10-17,19H2. The Morgan fingerprint density at radius 2 is 1.46 bits per heavy atom. The largest absolute Gasteiger partial charge is 0.378 e.